The molecule has 3 atom stereocenters. The fourth-order valence-electron chi connectivity index (χ4n) is 2.97. The SMILES string of the molecule is O=C(O)N1C[C@@H]2[C@@H](COc3cnccc3C(F)(F)F)[C@@H]2C1. The maximum Gasteiger partial charge on any atom is 0.420 e. The van der Waals surface area contributed by atoms with Crippen LogP contribution in [0.1, 0.15) is 5.56 Å². The molecule has 0 aromatic carbocycles. The molecule has 1 aromatic heterocycles. The van der Waals surface area contributed by atoms with Gasteiger partial charge in [-0.3, -0.25) is 4.98 Å². The summed E-state index contributed by atoms with van der Waals surface area (Å²) in [5, 5.41) is 8.83. The number of piperidine rings is 1. The van der Waals surface area contributed by atoms with E-state index in [-0.39, 0.29) is 30.1 Å². The monoisotopic (exact) mass is 302 g/mol. The molecular weight excluding hydrogens is 289 g/mol. The number of amides is 1. The highest BCUT2D eigenvalue weighted by atomic mass is 19.4. The second-order valence-corrected chi connectivity index (χ2v) is 5.36. The predicted molar refractivity (Wildman–Crippen MR) is 64.8 cm³/mol. The van der Waals surface area contributed by atoms with Gasteiger partial charge < -0.3 is 14.7 Å². The van der Waals surface area contributed by atoms with Crippen molar-refractivity contribution in [3.63, 3.8) is 0 Å². The highest BCUT2D eigenvalue weighted by molar-refractivity contribution is 5.65. The van der Waals surface area contributed by atoms with Crippen LogP contribution in [0.15, 0.2) is 18.5 Å². The fourth-order valence-corrected chi connectivity index (χ4v) is 2.97. The highest BCUT2D eigenvalue weighted by Gasteiger charge is 2.57. The van der Waals surface area contributed by atoms with Crippen LogP contribution in [0.3, 0.4) is 0 Å². The number of pyridine rings is 1. The summed E-state index contributed by atoms with van der Waals surface area (Å²) in [6, 6.07) is 0.884. The van der Waals surface area contributed by atoms with Crippen molar-refractivity contribution < 1.29 is 27.8 Å². The quantitative estimate of drug-likeness (QED) is 0.931. The molecule has 2 heterocycles. The number of aromatic nitrogens is 1. The largest absolute Gasteiger partial charge is 0.491 e. The minimum Gasteiger partial charge on any atom is -0.491 e. The van der Waals surface area contributed by atoms with Crippen molar-refractivity contribution in [2.24, 2.45) is 17.8 Å². The van der Waals surface area contributed by atoms with Crippen molar-refractivity contribution in [1.29, 1.82) is 0 Å². The molecule has 1 amide bonds. The van der Waals surface area contributed by atoms with E-state index in [1.807, 2.05) is 0 Å². The second-order valence-electron chi connectivity index (χ2n) is 5.36. The van der Waals surface area contributed by atoms with Gasteiger partial charge in [0.05, 0.1) is 12.8 Å². The molecule has 1 saturated carbocycles. The Morgan fingerprint density at radius 2 is 2.10 bits per heavy atom. The smallest absolute Gasteiger partial charge is 0.420 e. The van der Waals surface area contributed by atoms with Gasteiger partial charge in [-0.1, -0.05) is 0 Å². The Bertz CT molecular complexity index is 552. The molecule has 2 aliphatic rings. The number of halogens is 3. The van der Waals surface area contributed by atoms with Gasteiger partial charge in [0.1, 0.15) is 11.3 Å². The fraction of sp³-hybridized carbons (Fsp3) is 0.538. The third kappa shape index (κ3) is 2.62. The van der Waals surface area contributed by atoms with Crippen molar-refractivity contribution in [2.75, 3.05) is 19.7 Å². The standard InChI is InChI=1S/C13H13F3N2O3/c14-13(15,16)10-1-2-17-3-11(10)21-6-9-7-4-18(12(19)20)5-8(7)9/h1-3,7-9H,4-6H2,(H,19,20)/t7-,8+,9+. The van der Waals surface area contributed by atoms with Crippen molar-refractivity contribution in [2.45, 2.75) is 6.18 Å². The maximum absolute atomic E-state index is 12.8. The number of carbonyl (C=O) groups is 1. The Morgan fingerprint density at radius 1 is 1.43 bits per heavy atom. The molecule has 1 aliphatic heterocycles. The minimum absolute atomic E-state index is 0.127. The lowest BCUT2D eigenvalue weighted by atomic mass is 10.2. The summed E-state index contributed by atoms with van der Waals surface area (Å²) in [5.41, 5.74) is -0.838. The zero-order chi connectivity index (χ0) is 15.2. The van der Waals surface area contributed by atoms with E-state index < -0.39 is 17.8 Å². The molecule has 1 saturated heterocycles. The van der Waals surface area contributed by atoms with Crippen LogP contribution < -0.4 is 4.74 Å². The number of rotatable bonds is 3. The summed E-state index contributed by atoms with van der Waals surface area (Å²) in [6.45, 7) is 1.04. The summed E-state index contributed by atoms with van der Waals surface area (Å²) < 4.78 is 43.6. The lowest BCUT2D eigenvalue weighted by Gasteiger charge is -2.17. The minimum atomic E-state index is -4.47. The van der Waals surface area contributed by atoms with Crippen molar-refractivity contribution >= 4 is 6.09 Å². The van der Waals surface area contributed by atoms with Gasteiger partial charge in [0.2, 0.25) is 0 Å². The zero-order valence-corrected chi connectivity index (χ0v) is 10.9. The molecule has 2 fully saturated rings. The van der Waals surface area contributed by atoms with Crippen molar-refractivity contribution in [3.8, 4) is 5.75 Å². The topological polar surface area (TPSA) is 62.7 Å². The highest BCUT2D eigenvalue weighted by Crippen LogP contribution is 2.52. The Balaban J connectivity index is 1.58. The number of hydrogen-bond donors (Lipinski definition) is 1. The zero-order valence-electron chi connectivity index (χ0n) is 10.9. The number of carboxylic acid groups (broad SMARTS) is 1. The van der Waals surface area contributed by atoms with Crippen LogP contribution in [0.4, 0.5) is 18.0 Å². The predicted octanol–water partition coefficient (Wildman–Crippen LogP) is 2.34. The number of ether oxygens (including phenoxy) is 1. The van der Waals surface area contributed by atoms with Crippen molar-refractivity contribution in [1.82, 2.24) is 9.88 Å². The first-order valence-electron chi connectivity index (χ1n) is 6.50. The summed E-state index contributed by atoms with van der Waals surface area (Å²) in [7, 11) is 0. The van der Waals surface area contributed by atoms with E-state index in [1.54, 1.807) is 0 Å². The third-order valence-electron chi connectivity index (χ3n) is 4.16. The molecule has 114 valence electrons. The Labute approximate surface area is 118 Å². The number of fused-ring (bicyclic) bond motifs is 1. The van der Waals surface area contributed by atoms with E-state index in [2.05, 4.69) is 4.98 Å². The van der Waals surface area contributed by atoms with Crippen LogP contribution in [0, 0.1) is 17.8 Å². The normalized spacial score (nSPS) is 27.4. The van der Waals surface area contributed by atoms with Crippen LogP contribution in [0.2, 0.25) is 0 Å². The molecule has 1 N–H and O–H groups in total. The van der Waals surface area contributed by atoms with Gasteiger partial charge in [-0.2, -0.15) is 13.2 Å². The Hall–Kier alpha value is -1.99. The first-order chi connectivity index (χ1) is 9.88. The van der Waals surface area contributed by atoms with Crippen LogP contribution in [-0.4, -0.2) is 40.8 Å². The first kappa shape index (κ1) is 14.0. The van der Waals surface area contributed by atoms with E-state index in [0.717, 1.165) is 18.5 Å². The molecule has 0 unspecified atom stereocenters. The van der Waals surface area contributed by atoms with Crippen molar-refractivity contribution in [3.05, 3.63) is 24.0 Å². The van der Waals surface area contributed by atoms with Gasteiger partial charge in [0.25, 0.3) is 0 Å². The van der Waals surface area contributed by atoms with Gasteiger partial charge >= 0.3 is 12.3 Å². The third-order valence-corrected chi connectivity index (χ3v) is 4.16. The van der Waals surface area contributed by atoms with E-state index in [9.17, 15) is 18.0 Å². The van der Waals surface area contributed by atoms with E-state index in [4.69, 9.17) is 9.84 Å². The Kier molecular flexibility index (Phi) is 3.18. The summed E-state index contributed by atoms with van der Waals surface area (Å²) in [6.07, 6.45) is -3.29. The number of likely N-dealkylation sites (tertiary alicyclic amines) is 1. The summed E-state index contributed by atoms with van der Waals surface area (Å²) >= 11 is 0. The lowest BCUT2D eigenvalue weighted by Crippen LogP contribution is -2.30. The molecule has 0 radical (unpaired) electrons. The van der Waals surface area contributed by atoms with Crippen LogP contribution in [0.5, 0.6) is 5.75 Å². The van der Waals surface area contributed by atoms with Crippen LogP contribution in [-0.2, 0) is 6.18 Å². The maximum atomic E-state index is 12.8. The van der Waals surface area contributed by atoms with Gasteiger partial charge in [0, 0.05) is 25.2 Å². The van der Waals surface area contributed by atoms with E-state index in [0.29, 0.717) is 13.1 Å². The number of alkyl halides is 3. The average Bonchev–Trinajstić information content (AvgIpc) is 2.86. The molecule has 0 bridgehead atoms. The van der Waals surface area contributed by atoms with Crippen LogP contribution >= 0.6 is 0 Å². The molecule has 5 nitrogen and oxygen atoms in total. The van der Waals surface area contributed by atoms with Crippen LogP contribution in [0.25, 0.3) is 0 Å². The molecule has 1 aromatic rings. The van der Waals surface area contributed by atoms with Gasteiger partial charge in [-0.25, -0.2) is 4.79 Å². The van der Waals surface area contributed by atoms with E-state index >= 15 is 0 Å². The van der Waals surface area contributed by atoms with E-state index in [1.165, 1.54) is 4.90 Å². The van der Waals surface area contributed by atoms with Gasteiger partial charge in [-0.15, -0.1) is 0 Å². The average molecular weight is 302 g/mol. The molecule has 1 aliphatic carbocycles. The molecule has 21 heavy (non-hydrogen) atoms. The Morgan fingerprint density at radius 3 is 2.67 bits per heavy atom. The van der Waals surface area contributed by atoms with Gasteiger partial charge in [-0.05, 0) is 17.9 Å². The molecular formula is C13H13F3N2O3. The molecule has 8 heteroatoms. The number of hydrogen-bond acceptors (Lipinski definition) is 3. The summed E-state index contributed by atoms with van der Waals surface area (Å²) in [4.78, 5) is 15.8. The lowest BCUT2D eigenvalue weighted by molar-refractivity contribution is -0.139. The first-order valence-corrected chi connectivity index (χ1v) is 6.50. The van der Waals surface area contributed by atoms with Gasteiger partial charge in [0.15, 0.2) is 0 Å². The second kappa shape index (κ2) is 4.78. The number of nitrogens with zero attached hydrogens (tertiary/aromatic N) is 2. The molecule has 3 rings (SSSR count). The molecule has 0 spiro atoms. The summed E-state index contributed by atoms with van der Waals surface area (Å²) in [5.74, 6) is 0.256.